The number of carboxylic acids is 2. The van der Waals surface area contributed by atoms with E-state index in [9.17, 15) is 29.7 Å². The van der Waals surface area contributed by atoms with Crippen LogP contribution in [0.15, 0.2) is 36.9 Å². The number of allylic oxidation sites excluding steroid dienone is 5. The molecule has 2 unspecified atom stereocenters. The molecule has 3 atom stereocenters. The van der Waals surface area contributed by atoms with Crippen molar-refractivity contribution in [3.05, 3.63) is 81.9 Å². The molecule has 3 aromatic rings. The predicted octanol–water partition coefficient (Wildman–Crippen LogP) is 8.10. The Morgan fingerprint density at radius 3 is 1.78 bits per heavy atom. The Balaban J connectivity index is 0.00000794. The van der Waals surface area contributed by atoms with Crippen molar-refractivity contribution in [2.24, 2.45) is 17.8 Å². The van der Waals surface area contributed by atoms with Crippen molar-refractivity contribution >= 4 is 62.6 Å². The Morgan fingerprint density at radius 1 is 0.700 bits per heavy atom. The number of aromatic nitrogens is 4. The van der Waals surface area contributed by atoms with E-state index in [0.717, 1.165) is 47.0 Å². The number of nitrogens with zero attached hydrogens (tertiary/aromatic N) is 4. The third-order valence-electron chi connectivity index (χ3n) is 12.1. The van der Waals surface area contributed by atoms with E-state index in [4.69, 9.17) is 19.9 Å². The Labute approximate surface area is 365 Å². The second-order valence-electron chi connectivity index (χ2n) is 17.2. The second-order valence-corrected chi connectivity index (χ2v) is 17.2. The Hall–Kier alpha value is -4.57. The van der Waals surface area contributed by atoms with E-state index >= 15 is 0 Å². The fraction of sp³-hybridized carbons (Fsp3) is 0.490. The van der Waals surface area contributed by atoms with Crippen LogP contribution in [0, 0.1) is 31.6 Å². The average molecular weight is 857 g/mol. The van der Waals surface area contributed by atoms with Gasteiger partial charge in [-0.2, -0.15) is 0 Å². The minimum atomic E-state index is -1.27. The summed E-state index contributed by atoms with van der Waals surface area (Å²) in [4.78, 5) is 55.8. The van der Waals surface area contributed by atoms with Gasteiger partial charge in [0.15, 0.2) is 6.29 Å². The molecule has 2 aliphatic heterocycles. The number of hydrogen-bond donors (Lipinski definition) is 1. The number of carbonyl (C=O) groups is 3. The Morgan fingerprint density at radius 2 is 1.20 bits per heavy atom. The van der Waals surface area contributed by atoms with Crippen LogP contribution in [0.25, 0.3) is 44.4 Å². The molecule has 0 aliphatic carbocycles. The topological polar surface area (TPSA) is 172 Å². The van der Waals surface area contributed by atoms with E-state index in [-0.39, 0.29) is 48.3 Å². The maximum absolute atomic E-state index is 12.8. The van der Waals surface area contributed by atoms with Crippen LogP contribution < -0.4 is 20.2 Å². The van der Waals surface area contributed by atoms with Gasteiger partial charge in [0.1, 0.15) is 0 Å². The number of fused-ring (bicyclic) bond motifs is 8. The first-order chi connectivity index (χ1) is 28.1. The molecule has 11 heteroatoms. The molecule has 0 saturated carbocycles. The van der Waals surface area contributed by atoms with Gasteiger partial charge in [-0.05, 0) is 87.3 Å². The van der Waals surface area contributed by atoms with Crippen LogP contribution in [-0.2, 0) is 37.9 Å². The molecule has 10 nitrogen and oxygen atoms in total. The smallest absolute Gasteiger partial charge is 0.657 e. The SMILES string of the molecule is C=CC1=C(C)c2cc3[n-]c(cc4nc(cc5[n-]c(cc1n2)c(C)c5CCC(=O)[O-])C(CCC(=O)[O-])=C4C=O)c(C)c3[C@@H](O)CCCC(C)CCCC(C)CCCC(C)C.[Fe+3]. The van der Waals surface area contributed by atoms with Gasteiger partial charge in [0.05, 0.1) is 28.9 Å². The quantitative estimate of drug-likeness (QED) is 0.0816. The van der Waals surface area contributed by atoms with Gasteiger partial charge >= 0.3 is 17.1 Å². The molecule has 1 N–H and O–H groups in total. The van der Waals surface area contributed by atoms with Crippen LogP contribution in [0.4, 0.5) is 0 Å². The molecule has 0 saturated heterocycles. The molecule has 0 amide bonds. The first kappa shape index (κ1) is 48.1. The number of aliphatic hydroxyl groups is 1. The van der Waals surface area contributed by atoms with Crippen molar-refractivity contribution < 1.29 is 46.8 Å². The number of aldehydes is 1. The van der Waals surface area contributed by atoms with E-state index in [0.29, 0.717) is 80.2 Å². The fourth-order valence-electron chi connectivity index (χ4n) is 8.52. The maximum atomic E-state index is 12.8. The molecule has 5 rings (SSSR count). The first-order valence-corrected chi connectivity index (χ1v) is 21.4. The van der Waals surface area contributed by atoms with E-state index in [1.165, 1.54) is 38.5 Å². The van der Waals surface area contributed by atoms with Crippen LogP contribution in [-0.4, -0.2) is 33.3 Å². The summed E-state index contributed by atoms with van der Waals surface area (Å²) in [5.74, 6) is -0.425. The van der Waals surface area contributed by atoms with Gasteiger partial charge in [-0.15, -0.1) is 22.1 Å². The summed E-state index contributed by atoms with van der Waals surface area (Å²) < 4.78 is 0. The molecule has 321 valence electrons. The largest absolute Gasteiger partial charge is 3.00 e. The monoisotopic (exact) mass is 856 g/mol. The minimum Gasteiger partial charge on any atom is -0.657 e. The zero-order valence-electron chi connectivity index (χ0n) is 36.3. The third-order valence-corrected chi connectivity index (χ3v) is 12.1. The number of carboxylic acid groups (broad SMARTS) is 2. The fourth-order valence-corrected chi connectivity index (χ4v) is 8.52. The molecule has 2 aliphatic rings. The molecule has 60 heavy (non-hydrogen) atoms. The van der Waals surface area contributed by atoms with Crippen LogP contribution in [0.3, 0.4) is 0 Å². The summed E-state index contributed by atoms with van der Waals surface area (Å²) in [5, 5.41) is 35.1. The van der Waals surface area contributed by atoms with Gasteiger partial charge < -0.3 is 34.9 Å². The molecule has 0 aromatic carbocycles. The van der Waals surface area contributed by atoms with Crippen LogP contribution in [0.5, 0.6) is 0 Å². The van der Waals surface area contributed by atoms with Crippen molar-refractivity contribution in [3.63, 3.8) is 0 Å². The molecular formula is C49H60FeN4O6-. The predicted molar refractivity (Wildman–Crippen MR) is 231 cm³/mol. The molecule has 0 fully saturated rings. The van der Waals surface area contributed by atoms with Gasteiger partial charge in [0.2, 0.25) is 0 Å². The van der Waals surface area contributed by atoms with Gasteiger partial charge in [0.25, 0.3) is 0 Å². The van der Waals surface area contributed by atoms with Crippen molar-refractivity contribution in [2.75, 3.05) is 0 Å². The summed E-state index contributed by atoms with van der Waals surface area (Å²) in [7, 11) is 0. The number of aliphatic hydroxyl groups excluding tert-OH is 1. The van der Waals surface area contributed by atoms with Gasteiger partial charge in [-0.1, -0.05) is 133 Å². The molecule has 1 radical (unpaired) electrons. The van der Waals surface area contributed by atoms with Crippen LogP contribution in [0.2, 0.25) is 0 Å². The summed E-state index contributed by atoms with van der Waals surface area (Å²) >= 11 is 0. The summed E-state index contributed by atoms with van der Waals surface area (Å²) in [6, 6.07) is 7.10. The average Bonchev–Trinajstić information content (AvgIpc) is 3.85. The van der Waals surface area contributed by atoms with Gasteiger partial charge in [-0.3, -0.25) is 4.79 Å². The van der Waals surface area contributed by atoms with Crippen molar-refractivity contribution in [1.29, 1.82) is 0 Å². The summed E-state index contributed by atoms with van der Waals surface area (Å²) in [5.41, 5.74) is 9.18. The third kappa shape index (κ3) is 11.8. The summed E-state index contributed by atoms with van der Waals surface area (Å²) in [6.07, 6.45) is 11.1. The molecular weight excluding hydrogens is 796 g/mol. The van der Waals surface area contributed by atoms with Gasteiger partial charge in [0, 0.05) is 23.1 Å². The maximum Gasteiger partial charge on any atom is 3.00 e. The number of hydrogen-bond acceptors (Lipinski definition) is 8. The molecule has 0 spiro atoms. The Bertz CT molecular complexity index is 2300. The number of carbonyl (C=O) groups excluding carboxylic acids is 3. The Kier molecular flexibility index (Phi) is 17.5. The zero-order valence-corrected chi connectivity index (χ0v) is 37.4. The van der Waals surface area contributed by atoms with E-state index in [1.807, 2.05) is 32.9 Å². The van der Waals surface area contributed by atoms with Crippen molar-refractivity contribution in [3.8, 4) is 0 Å². The number of aryl methyl sites for hydroxylation is 3. The second kappa shape index (κ2) is 21.8. The number of aliphatic carboxylic acids is 2. The molecule has 5 heterocycles. The van der Waals surface area contributed by atoms with Crippen LogP contribution >= 0.6 is 0 Å². The number of rotatable bonds is 21. The normalized spacial score (nSPS) is 14.3. The zero-order chi connectivity index (χ0) is 43.0. The molecule has 3 aromatic heterocycles. The summed E-state index contributed by atoms with van der Waals surface area (Å²) in [6.45, 7) is 19.0. The van der Waals surface area contributed by atoms with E-state index < -0.39 is 18.0 Å². The minimum absolute atomic E-state index is 0. The van der Waals surface area contributed by atoms with Gasteiger partial charge in [-0.25, -0.2) is 9.97 Å². The van der Waals surface area contributed by atoms with E-state index in [2.05, 4.69) is 34.3 Å². The van der Waals surface area contributed by atoms with Crippen molar-refractivity contribution in [2.45, 2.75) is 138 Å². The van der Waals surface area contributed by atoms with E-state index in [1.54, 1.807) is 18.2 Å². The first-order valence-electron chi connectivity index (χ1n) is 21.4. The molecule has 8 bridgehead atoms. The van der Waals surface area contributed by atoms with Crippen LogP contribution in [0.1, 0.15) is 163 Å². The van der Waals surface area contributed by atoms with Crippen molar-refractivity contribution in [1.82, 2.24) is 19.9 Å². The standard InChI is InChI=1S/C49H64N4O6.Fe/c1-9-34-31(6)39-25-45-49(46(55)18-12-17-30(5)16-11-15-29(4)14-10-13-28(2)3)33(8)40(52-45)24-44-37(27-54)36(20-22-48(58)59)43(53-44)26-42-35(19-21-47(56)57)32(7)38(51-42)23-41(34)50-39;/h9,23-30,46,55H,1,10-22H2,2-8H3,(H4,50,51,52,53,54,56,57,58,59);/q;+3/p-4/t29?,30?,46-;/m0./s1.